The number of benzene rings is 1. The molecule has 2 atom stereocenters. The maximum atomic E-state index is 3.53. The number of rotatable bonds is 2. The molecule has 2 heteroatoms. The van der Waals surface area contributed by atoms with Crippen LogP contribution in [0.25, 0.3) is 0 Å². The molecule has 0 aromatic heterocycles. The van der Waals surface area contributed by atoms with Crippen molar-refractivity contribution in [2.75, 3.05) is 0 Å². The van der Waals surface area contributed by atoms with Crippen LogP contribution in [0.15, 0.2) is 24.3 Å². The fourth-order valence-corrected chi connectivity index (χ4v) is 1.64. The van der Waals surface area contributed by atoms with Crippen LogP contribution in [0.3, 0.4) is 0 Å². The second-order valence-electron chi connectivity index (χ2n) is 2.90. The van der Waals surface area contributed by atoms with Crippen LogP contribution in [0.2, 0.25) is 0 Å². The quantitative estimate of drug-likeness (QED) is 0.699. The third-order valence-electron chi connectivity index (χ3n) is 1.86. The van der Waals surface area contributed by atoms with Crippen molar-refractivity contribution in [3.8, 4) is 0 Å². The zero-order valence-corrected chi connectivity index (χ0v) is 10.4. The molecule has 0 aliphatic carbocycles. The summed E-state index contributed by atoms with van der Waals surface area (Å²) >= 11 is 7.06. The van der Waals surface area contributed by atoms with Crippen molar-refractivity contribution < 1.29 is 0 Å². The molecule has 0 fully saturated rings. The zero-order valence-electron chi connectivity index (χ0n) is 7.22. The molecule has 0 nitrogen and oxygen atoms in total. The first-order valence-corrected chi connectivity index (χ1v) is 5.82. The van der Waals surface area contributed by atoms with E-state index in [-0.39, 0.29) is 0 Å². The van der Waals surface area contributed by atoms with Gasteiger partial charge >= 0.3 is 0 Å². The van der Waals surface area contributed by atoms with E-state index < -0.39 is 0 Å². The van der Waals surface area contributed by atoms with Crippen molar-refractivity contribution in [3.05, 3.63) is 35.4 Å². The van der Waals surface area contributed by atoms with Crippen molar-refractivity contribution in [2.45, 2.75) is 23.5 Å². The molecule has 1 aromatic rings. The molecule has 0 radical (unpaired) electrons. The summed E-state index contributed by atoms with van der Waals surface area (Å²) < 4.78 is 0. The Morgan fingerprint density at radius 3 is 1.25 bits per heavy atom. The highest BCUT2D eigenvalue weighted by atomic mass is 79.9. The lowest BCUT2D eigenvalue weighted by Crippen LogP contribution is -1.86. The van der Waals surface area contributed by atoms with Gasteiger partial charge in [0.2, 0.25) is 0 Å². The minimum atomic E-state index is 0.442. The average molecular weight is 292 g/mol. The number of hydrogen-bond acceptors (Lipinski definition) is 0. The lowest BCUT2D eigenvalue weighted by Gasteiger charge is -2.06. The van der Waals surface area contributed by atoms with Gasteiger partial charge in [0.1, 0.15) is 0 Å². The van der Waals surface area contributed by atoms with E-state index in [4.69, 9.17) is 0 Å². The van der Waals surface area contributed by atoms with Gasteiger partial charge in [-0.05, 0) is 25.0 Å². The van der Waals surface area contributed by atoms with Crippen LogP contribution in [-0.4, -0.2) is 0 Å². The van der Waals surface area contributed by atoms with Crippen molar-refractivity contribution in [3.63, 3.8) is 0 Å². The second-order valence-corrected chi connectivity index (χ2v) is 5.65. The van der Waals surface area contributed by atoms with Gasteiger partial charge in [-0.25, -0.2) is 0 Å². The first-order valence-electron chi connectivity index (χ1n) is 3.99. The molecule has 1 aromatic carbocycles. The van der Waals surface area contributed by atoms with Crippen molar-refractivity contribution in [2.24, 2.45) is 0 Å². The smallest absolute Gasteiger partial charge is 0.0367 e. The number of alkyl halides is 2. The first kappa shape index (κ1) is 10.3. The number of hydrogen-bond donors (Lipinski definition) is 0. The summed E-state index contributed by atoms with van der Waals surface area (Å²) in [6, 6.07) is 8.64. The molecule has 0 saturated carbocycles. The third kappa shape index (κ3) is 2.60. The highest BCUT2D eigenvalue weighted by Crippen LogP contribution is 2.26. The van der Waals surface area contributed by atoms with Gasteiger partial charge in [-0.15, -0.1) is 0 Å². The molecule has 0 saturated heterocycles. The fraction of sp³-hybridized carbons (Fsp3) is 0.400. The Balaban J connectivity index is 2.86. The number of halogens is 2. The zero-order chi connectivity index (χ0) is 9.14. The molecule has 0 N–H and O–H groups in total. The molecule has 0 aliphatic rings. The van der Waals surface area contributed by atoms with Crippen LogP contribution in [0.5, 0.6) is 0 Å². The normalized spacial score (nSPS) is 15.7. The molecule has 2 unspecified atom stereocenters. The summed E-state index contributed by atoms with van der Waals surface area (Å²) in [5, 5.41) is 0. The van der Waals surface area contributed by atoms with Crippen LogP contribution in [0, 0.1) is 0 Å². The van der Waals surface area contributed by atoms with Crippen LogP contribution < -0.4 is 0 Å². The van der Waals surface area contributed by atoms with Crippen LogP contribution in [0.1, 0.15) is 34.6 Å². The molecule has 1 rings (SSSR count). The Morgan fingerprint density at radius 1 is 0.833 bits per heavy atom. The van der Waals surface area contributed by atoms with E-state index in [0.717, 1.165) is 0 Å². The summed E-state index contributed by atoms with van der Waals surface area (Å²) in [6.45, 7) is 4.26. The highest BCUT2D eigenvalue weighted by Gasteiger charge is 2.02. The predicted molar refractivity (Wildman–Crippen MR) is 61.1 cm³/mol. The maximum absolute atomic E-state index is 3.53. The van der Waals surface area contributed by atoms with Gasteiger partial charge in [0.05, 0.1) is 0 Å². The SMILES string of the molecule is CC(Br)c1ccc(C(C)Br)cc1. The third-order valence-corrected chi connectivity index (χ3v) is 2.91. The highest BCUT2D eigenvalue weighted by molar-refractivity contribution is 9.09. The maximum Gasteiger partial charge on any atom is 0.0367 e. The summed E-state index contributed by atoms with van der Waals surface area (Å²) in [5.41, 5.74) is 2.65. The summed E-state index contributed by atoms with van der Waals surface area (Å²) in [5.74, 6) is 0. The minimum absolute atomic E-state index is 0.442. The van der Waals surface area contributed by atoms with Gasteiger partial charge in [0.25, 0.3) is 0 Å². The van der Waals surface area contributed by atoms with Gasteiger partial charge in [0.15, 0.2) is 0 Å². The average Bonchev–Trinajstić information content (AvgIpc) is 2.04. The molecule has 0 spiro atoms. The fourth-order valence-electron chi connectivity index (χ4n) is 1.03. The summed E-state index contributed by atoms with van der Waals surface area (Å²) in [4.78, 5) is 0.884. The van der Waals surface area contributed by atoms with E-state index in [0.29, 0.717) is 9.65 Å². The van der Waals surface area contributed by atoms with E-state index in [1.165, 1.54) is 11.1 Å². The Bertz CT molecular complexity index is 210. The molecular weight excluding hydrogens is 280 g/mol. The molecule has 0 heterocycles. The monoisotopic (exact) mass is 290 g/mol. The van der Waals surface area contributed by atoms with Gasteiger partial charge in [-0.1, -0.05) is 56.1 Å². The van der Waals surface area contributed by atoms with E-state index in [1.54, 1.807) is 0 Å². The van der Waals surface area contributed by atoms with E-state index in [2.05, 4.69) is 70.0 Å². The van der Waals surface area contributed by atoms with Gasteiger partial charge in [-0.3, -0.25) is 0 Å². The predicted octanol–water partition coefficient (Wildman–Crippen LogP) is 4.60. The lowest BCUT2D eigenvalue weighted by atomic mass is 10.1. The molecular formula is C10H12Br2. The lowest BCUT2D eigenvalue weighted by molar-refractivity contribution is 1.09. The Kier molecular flexibility index (Phi) is 3.78. The molecule has 0 amide bonds. The molecule has 66 valence electrons. The van der Waals surface area contributed by atoms with E-state index in [1.807, 2.05) is 0 Å². The van der Waals surface area contributed by atoms with E-state index in [9.17, 15) is 0 Å². The Morgan fingerprint density at radius 2 is 1.08 bits per heavy atom. The summed E-state index contributed by atoms with van der Waals surface area (Å²) in [7, 11) is 0. The van der Waals surface area contributed by atoms with Crippen LogP contribution in [-0.2, 0) is 0 Å². The first-order chi connectivity index (χ1) is 5.61. The van der Waals surface area contributed by atoms with Gasteiger partial charge in [-0.2, -0.15) is 0 Å². The van der Waals surface area contributed by atoms with Crippen molar-refractivity contribution in [1.29, 1.82) is 0 Å². The Hall–Kier alpha value is 0.180. The Labute approximate surface area is 90.6 Å². The largest absolute Gasteiger partial charge is 0.0842 e. The molecule has 0 bridgehead atoms. The topological polar surface area (TPSA) is 0 Å². The van der Waals surface area contributed by atoms with Crippen molar-refractivity contribution in [1.82, 2.24) is 0 Å². The standard InChI is InChI=1S/C10H12Br2/c1-7(11)9-3-5-10(6-4-9)8(2)12/h3-8H,1-2H3. The van der Waals surface area contributed by atoms with Crippen molar-refractivity contribution >= 4 is 31.9 Å². The van der Waals surface area contributed by atoms with Gasteiger partial charge in [0, 0.05) is 9.65 Å². The molecule has 0 aliphatic heterocycles. The second kappa shape index (κ2) is 4.43. The summed E-state index contributed by atoms with van der Waals surface area (Å²) in [6.07, 6.45) is 0. The minimum Gasteiger partial charge on any atom is -0.0842 e. The van der Waals surface area contributed by atoms with Crippen LogP contribution >= 0.6 is 31.9 Å². The van der Waals surface area contributed by atoms with E-state index >= 15 is 0 Å². The van der Waals surface area contributed by atoms with Crippen LogP contribution in [0.4, 0.5) is 0 Å². The van der Waals surface area contributed by atoms with Gasteiger partial charge < -0.3 is 0 Å². The molecule has 12 heavy (non-hydrogen) atoms.